The zero-order valence-electron chi connectivity index (χ0n) is 15.6. The highest BCUT2D eigenvalue weighted by atomic mass is 32.1. The van der Waals surface area contributed by atoms with E-state index in [0.29, 0.717) is 12.1 Å². The first-order chi connectivity index (χ1) is 13.9. The molecule has 10 heteroatoms. The zero-order valence-corrected chi connectivity index (χ0v) is 16.4. The van der Waals surface area contributed by atoms with Gasteiger partial charge in [-0.1, -0.05) is 12.1 Å². The molecule has 0 atom stereocenters. The number of carboxylic acids is 1. The molecule has 0 saturated heterocycles. The summed E-state index contributed by atoms with van der Waals surface area (Å²) in [5, 5.41) is 17.4. The molecule has 0 aliphatic rings. The molecule has 2 aromatic heterocycles. The number of hydrogen-bond donors (Lipinski definition) is 4. The normalized spacial score (nSPS) is 10.5. The summed E-state index contributed by atoms with van der Waals surface area (Å²) in [5.74, 6) is -1.37. The Hall–Kier alpha value is -3.53. The van der Waals surface area contributed by atoms with Crippen molar-refractivity contribution < 1.29 is 19.5 Å². The molecule has 0 unspecified atom stereocenters. The summed E-state index contributed by atoms with van der Waals surface area (Å²) in [4.78, 5) is 44.6. The van der Waals surface area contributed by atoms with Crippen LogP contribution in [0, 0.1) is 6.92 Å². The highest BCUT2D eigenvalue weighted by Crippen LogP contribution is 2.27. The lowest BCUT2D eigenvalue weighted by Crippen LogP contribution is -2.39. The molecule has 0 bridgehead atoms. The van der Waals surface area contributed by atoms with Gasteiger partial charge >= 0.3 is 5.97 Å². The monoisotopic (exact) mass is 413 g/mol. The first-order valence-corrected chi connectivity index (χ1v) is 9.54. The Bertz CT molecular complexity index is 1050. The van der Waals surface area contributed by atoms with Gasteiger partial charge < -0.3 is 21.1 Å². The first-order valence-electron chi connectivity index (χ1n) is 8.73. The van der Waals surface area contributed by atoms with Gasteiger partial charge in [-0.3, -0.25) is 14.4 Å². The van der Waals surface area contributed by atoms with Gasteiger partial charge in [0.1, 0.15) is 23.5 Å². The minimum absolute atomic E-state index is 0.292. The number of anilines is 1. The largest absolute Gasteiger partial charge is 0.480 e. The van der Waals surface area contributed by atoms with E-state index in [0.717, 1.165) is 26.5 Å². The number of fused-ring (bicyclic) bond motifs is 1. The smallest absolute Gasteiger partial charge is 0.322 e. The number of aliphatic carboxylic acids is 1. The van der Waals surface area contributed by atoms with Crippen molar-refractivity contribution in [3.05, 3.63) is 52.7 Å². The number of carbonyl (C=O) groups is 3. The Morgan fingerprint density at radius 3 is 2.55 bits per heavy atom. The highest BCUT2D eigenvalue weighted by Gasteiger charge is 2.10. The number of nitrogens with one attached hydrogen (secondary N) is 3. The summed E-state index contributed by atoms with van der Waals surface area (Å²) >= 11 is 1.61. The van der Waals surface area contributed by atoms with E-state index in [9.17, 15) is 14.4 Å². The van der Waals surface area contributed by atoms with Crippen molar-refractivity contribution in [2.24, 2.45) is 0 Å². The Labute approximate surface area is 170 Å². The van der Waals surface area contributed by atoms with E-state index in [4.69, 9.17) is 5.11 Å². The van der Waals surface area contributed by atoms with Crippen LogP contribution in [0.3, 0.4) is 0 Å². The highest BCUT2D eigenvalue weighted by molar-refractivity contribution is 7.18. The van der Waals surface area contributed by atoms with Crippen molar-refractivity contribution in [2.45, 2.75) is 13.5 Å². The number of nitrogens with zero attached hydrogens (tertiary/aromatic N) is 2. The van der Waals surface area contributed by atoms with Crippen molar-refractivity contribution >= 4 is 45.2 Å². The molecule has 9 nitrogen and oxygen atoms in total. The third-order valence-corrected chi connectivity index (χ3v) is 4.93. The summed E-state index contributed by atoms with van der Waals surface area (Å²) in [6, 6.07) is 8.98. The number of carbonyl (C=O) groups excluding carboxylic acids is 2. The minimum atomic E-state index is -1.15. The molecule has 0 aliphatic heterocycles. The number of carboxylic acid groups (broad SMARTS) is 1. The molecule has 2 amide bonds. The third kappa shape index (κ3) is 5.48. The van der Waals surface area contributed by atoms with E-state index >= 15 is 0 Å². The molecule has 2 heterocycles. The summed E-state index contributed by atoms with van der Waals surface area (Å²) in [7, 11) is 0. The van der Waals surface area contributed by atoms with Gasteiger partial charge in [-0.15, -0.1) is 11.3 Å². The van der Waals surface area contributed by atoms with Gasteiger partial charge in [0.05, 0.1) is 11.9 Å². The predicted octanol–water partition coefficient (Wildman–Crippen LogP) is 1.54. The van der Waals surface area contributed by atoms with Gasteiger partial charge in [0.2, 0.25) is 5.91 Å². The van der Waals surface area contributed by atoms with Crippen LogP contribution in [-0.2, 0) is 16.1 Å². The van der Waals surface area contributed by atoms with Gasteiger partial charge in [0, 0.05) is 17.0 Å². The molecule has 0 fully saturated rings. The summed E-state index contributed by atoms with van der Waals surface area (Å²) < 4.78 is 0. The van der Waals surface area contributed by atoms with Crippen LogP contribution in [0.2, 0.25) is 0 Å². The van der Waals surface area contributed by atoms with Crippen molar-refractivity contribution in [3.63, 3.8) is 0 Å². The standard InChI is InChI=1S/C19H19N5O4S/c1-11-6-14-17(23-10-24-19(14)29-11)21-7-12-2-4-13(5-3-12)18(28)22-8-15(25)20-9-16(26)27/h2-6,10H,7-9H2,1H3,(H,20,25)(H,22,28)(H,26,27)(H,21,23,24). The van der Waals surface area contributed by atoms with Crippen LogP contribution in [0.5, 0.6) is 0 Å². The van der Waals surface area contributed by atoms with Gasteiger partial charge in [0.15, 0.2) is 0 Å². The maximum atomic E-state index is 12.1. The van der Waals surface area contributed by atoms with Crippen LogP contribution in [0.25, 0.3) is 10.2 Å². The minimum Gasteiger partial charge on any atom is -0.480 e. The molecule has 0 saturated carbocycles. The van der Waals surface area contributed by atoms with E-state index in [1.54, 1.807) is 23.5 Å². The fourth-order valence-electron chi connectivity index (χ4n) is 2.58. The average Bonchev–Trinajstić information content (AvgIpc) is 3.10. The fourth-order valence-corrected chi connectivity index (χ4v) is 3.42. The fraction of sp³-hybridized carbons (Fsp3) is 0.211. The first kappa shape index (κ1) is 20.2. The maximum Gasteiger partial charge on any atom is 0.322 e. The van der Waals surface area contributed by atoms with Crippen molar-refractivity contribution in [1.82, 2.24) is 20.6 Å². The van der Waals surface area contributed by atoms with E-state index < -0.39 is 24.3 Å². The number of aryl methyl sites for hydroxylation is 1. The van der Waals surface area contributed by atoms with Crippen LogP contribution < -0.4 is 16.0 Å². The van der Waals surface area contributed by atoms with E-state index in [2.05, 4.69) is 25.9 Å². The van der Waals surface area contributed by atoms with E-state index in [1.165, 1.54) is 6.33 Å². The maximum absolute atomic E-state index is 12.1. The van der Waals surface area contributed by atoms with E-state index in [-0.39, 0.29) is 6.54 Å². The Morgan fingerprint density at radius 1 is 1.07 bits per heavy atom. The van der Waals surface area contributed by atoms with Gasteiger partial charge in [0.25, 0.3) is 5.91 Å². The van der Waals surface area contributed by atoms with Gasteiger partial charge in [-0.2, -0.15) is 0 Å². The lowest BCUT2D eigenvalue weighted by Gasteiger charge is -2.08. The number of thiophene rings is 1. The van der Waals surface area contributed by atoms with Crippen LogP contribution in [-0.4, -0.2) is 45.9 Å². The SMILES string of the molecule is Cc1cc2c(NCc3ccc(C(=O)NCC(=O)NCC(=O)O)cc3)ncnc2s1. The number of rotatable bonds is 8. The quantitative estimate of drug-likeness (QED) is 0.440. The second-order valence-corrected chi connectivity index (χ2v) is 7.44. The third-order valence-electron chi connectivity index (χ3n) is 3.97. The van der Waals surface area contributed by atoms with Crippen molar-refractivity contribution in [2.75, 3.05) is 18.4 Å². The molecule has 4 N–H and O–H groups in total. The molecule has 1 aromatic carbocycles. The molecular formula is C19H19N5O4S. The Balaban J connectivity index is 1.53. The predicted molar refractivity (Wildman–Crippen MR) is 109 cm³/mol. The lowest BCUT2D eigenvalue weighted by molar-refractivity contribution is -0.137. The molecular weight excluding hydrogens is 394 g/mol. The van der Waals surface area contributed by atoms with E-state index in [1.807, 2.05) is 25.1 Å². The molecule has 0 spiro atoms. The topological polar surface area (TPSA) is 133 Å². The van der Waals surface area contributed by atoms with Crippen LogP contribution in [0.4, 0.5) is 5.82 Å². The van der Waals surface area contributed by atoms with Crippen molar-refractivity contribution in [3.8, 4) is 0 Å². The van der Waals surface area contributed by atoms with Gasteiger partial charge in [-0.05, 0) is 30.7 Å². The average molecular weight is 413 g/mol. The number of amides is 2. The zero-order chi connectivity index (χ0) is 20.8. The molecule has 29 heavy (non-hydrogen) atoms. The number of benzene rings is 1. The Morgan fingerprint density at radius 2 is 1.83 bits per heavy atom. The van der Waals surface area contributed by atoms with Crippen LogP contribution >= 0.6 is 11.3 Å². The number of aromatic nitrogens is 2. The second kappa shape index (κ2) is 9.11. The summed E-state index contributed by atoms with van der Waals surface area (Å²) in [6.45, 7) is 1.77. The lowest BCUT2D eigenvalue weighted by atomic mass is 10.1. The molecule has 0 aliphatic carbocycles. The molecule has 150 valence electrons. The second-order valence-electron chi connectivity index (χ2n) is 6.20. The van der Waals surface area contributed by atoms with Crippen LogP contribution in [0.15, 0.2) is 36.7 Å². The Kier molecular flexibility index (Phi) is 6.35. The molecule has 3 rings (SSSR count). The van der Waals surface area contributed by atoms with Crippen molar-refractivity contribution in [1.29, 1.82) is 0 Å². The van der Waals surface area contributed by atoms with Gasteiger partial charge in [-0.25, -0.2) is 9.97 Å². The summed E-state index contributed by atoms with van der Waals surface area (Å²) in [5.41, 5.74) is 1.36. The molecule has 0 radical (unpaired) electrons. The van der Waals surface area contributed by atoms with Crippen LogP contribution in [0.1, 0.15) is 20.8 Å². The molecule has 3 aromatic rings. The summed E-state index contributed by atoms with van der Waals surface area (Å²) in [6.07, 6.45) is 1.53. The number of hydrogen-bond acceptors (Lipinski definition) is 7.